The van der Waals surface area contributed by atoms with Crippen molar-refractivity contribution >= 4 is 23.2 Å². The van der Waals surface area contributed by atoms with Gasteiger partial charge in [0.05, 0.1) is 16.7 Å². The van der Waals surface area contributed by atoms with Crippen molar-refractivity contribution in [3.05, 3.63) is 34.1 Å². The molecule has 3 N–H and O–H groups in total. The SMILES string of the molecule is N[C@H](CO)c1nc(-c2ccc(Cl)c(Cl)c2)no1. The summed E-state index contributed by atoms with van der Waals surface area (Å²) in [6, 6.07) is 4.30. The lowest BCUT2D eigenvalue weighted by Gasteiger charge is -1.99. The van der Waals surface area contributed by atoms with Crippen LogP contribution in [0.15, 0.2) is 22.7 Å². The fourth-order valence-electron chi connectivity index (χ4n) is 1.22. The van der Waals surface area contributed by atoms with Gasteiger partial charge in [-0.15, -0.1) is 0 Å². The highest BCUT2D eigenvalue weighted by molar-refractivity contribution is 6.42. The van der Waals surface area contributed by atoms with Crippen LogP contribution in [0.2, 0.25) is 10.0 Å². The monoisotopic (exact) mass is 273 g/mol. The van der Waals surface area contributed by atoms with Gasteiger partial charge >= 0.3 is 0 Å². The maximum Gasteiger partial charge on any atom is 0.246 e. The molecule has 0 saturated carbocycles. The first-order chi connectivity index (χ1) is 8.11. The van der Waals surface area contributed by atoms with E-state index in [2.05, 4.69) is 10.1 Å². The van der Waals surface area contributed by atoms with Crippen molar-refractivity contribution in [3.8, 4) is 11.4 Å². The summed E-state index contributed by atoms with van der Waals surface area (Å²) in [5.74, 6) is 0.524. The summed E-state index contributed by atoms with van der Waals surface area (Å²) >= 11 is 11.7. The maximum atomic E-state index is 8.86. The van der Waals surface area contributed by atoms with E-state index in [-0.39, 0.29) is 12.5 Å². The van der Waals surface area contributed by atoms with Crippen LogP contribution >= 0.6 is 23.2 Å². The van der Waals surface area contributed by atoms with E-state index in [1.54, 1.807) is 18.2 Å². The van der Waals surface area contributed by atoms with Crippen LogP contribution in [0.25, 0.3) is 11.4 Å². The number of nitrogens with zero attached hydrogens (tertiary/aromatic N) is 2. The van der Waals surface area contributed by atoms with Crippen LogP contribution < -0.4 is 5.73 Å². The predicted octanol–water partition coefficient (Wildman–Crippen LogP) is 2.04. The number of rotatable bonds is 3. The van der Waals surface area contributed by atoms with E-state index in [4.69, 9.17) is 38.6 Å². The Morgan fingerprint density at radius 2 is 2.12 bits per heavy atom. The van der Waals surface area contributed by atoms with E-state index in [9.17, 15) is 0 Å². The molecular formula is C10H9Cl2N3O2. The summed E-state index contributed by atoms with van der Waals surface area (Å²) in [5, 5.41) is 13.5. The van der Waals surface area contributed by atoms with Crippen LogP contribution in [-0.2, 0) is 0 Å². The van der Waals surface area contributed by atoms with Gasteiger partial charge in [0.2, 0.25) is 11.7 Å². The van der Waals surface area contributed by atoms with Gasteiger partial charge in [-0.05, 0) is 18.2 Å². The Hall–Kier alpha value is -1.14. The molecule has 17 heavy (non-hydrogen) atoms. The standard InChI is InChI=1S/C10H9Cl2N3O2/c11-6-2-1-5(3-7(6)12)9-14-10(17-15-9)8(13)4-16/h1-3,8,16H,4,13H2/t8-/m1/s1. The number of hydrogen-bond donors (Lipinski definition) is 2. The van der Waals surface area contributed by atoms with E-state index in [1.807, 2.05) is 0 Å². The number of hydrogen-bond acceptors (Lipinski definition) is 5. The Balaban J connectivity index is 2.33. The molecule has 0 aliphatic rings. The van der Waals surface area contributed by atoms with Crippen molar-refractivity contribution in [3.63, 3.8) is 0 Å². The number of halogens is 2. The molecule has 1 aromatic heterocycles. The Morgan fingerprint density at radius 3 is 2.76 bits per heavy atom. The predicted molar refractivity (Wildman–Crippen MR) is 63.8 cm³/mol. The third-order valence-corrected chi connectivity index (χ3v) is 2.87. The van der Waals surface area contributed by atoms with E-state index < -0.39 is 6.04 Å². The molecule has 1 atom stereocenters. The average Bonchev–Trinajstić information content (AvgIpc) is 2.81. The summed E-state index contributed by atoms with van der Waals surface area (Å²) in [4.78, 5) is 4.06. The second-order valence-electron chi connectivity index (χ2n) is 3.37. The summed E-state index contributed by atoms with van der Waals surface area (Å²) in [5.41, 5.74) is 6.21. The zero-order valence-corrected chi connectivity index (χ0v) is 10.1. The van der Waals surface area contributed by atoms with Crippen molar-refractivity contribution in [1.29, 1.82) is 0 Å². The molecule has 1 aromatic carbocycles. The molecule has 0 saturated heterocycles. The van der Waals surface area contributed by atoms with Gasteiger partial charge in [0, 0.05) is 5.56 Å². The van der Waals surface area contributed by atoms with Crippen molar-refractivity contribution in [2.45, 2.75) is 6.04 Å². The molecule has 0 fully saturated rings. The van der Waals surface area contributed by atoms with Gasteiger partial charge in [-0.1, -0.05) is 28.4 Å². The zero-order chi connectivity index (χ0) is 12.4. The summed E-state index contributed by atoms with van der Waals surface area (Å²) < 4.78 is 4.92. The van der Waals surface area contributed by atoms with E-state index >= 15 is 0 Å². The van der Waals surface area contributed by atoms with Crippen LogP contribution in [-0.4, -0.2) is 21.9 Å². The summed E-state index contributed by atoms with van der Waals surface area (Å²) in [6.45, 7) is -0.261. The molecule has 0 bridgehead atoms. The lowest BCUT2D eigenvalue weighted by atomic mass is 10.2. The normalized spacial score (nSPS) is 12.7. The van der Waals surface area contributed by atoms with Crippen molar-refractivity contribution in [2.75, 3.05) is 6.61 Å². The molecule has 0 unspecified atom stereocenters. The number of nitrogens with two attached hydrogens (primary N) is 1. The van der Waals surface area contributed by atoms with Crippen LogP contribution in [0.1, 0.15) is 11.9 Å². The van der Waals surface area contributed by atoms with Crippen molar-refractivity contribution in [1.82, 2.24) is 10.1 Å². The Bertz CT molecular complexity index is 530. The molecule has 90 valence electrons. The van der Waals surface area contributed by atoms with E-state index in [1.165, 1.54) is 0 Å². The highest BCUT2D eigenvalue weighted by Crippen LogP contribution is 2.27. The van der Waals surface area contributed by atoms with Gasteiger partial charge in [-0.3, -0.25) is 0 Å². The highest BCUT2D eigenvalue weighted by atomic mass is 35.5. The topological polar surface area (TPSA) is 85.2 Å². The second kappa shape index (κ2) is 5.01. The van der Waals surface area contributed by atoms with Gasteiger partial charge in [0.25, 0.3) is 0 Å². The molecule has 0 amide bonds. The van der Waals surface area contributed by atoms with E-state index in [0.717, 1.165) is 0 Å². The quantitative estimate of drug-likeness (QED) is 0.894. The third kappa shape index (κ3) is 2.58. The van der Waals surface area contributed by atoms with Crippen LogP contribution in [0, 0.1) is 0 Å². The molecule has 1 heterocycles. The highest BCUT2D eigenvalue weighted by Gasteiger charge is 2.15. The molecule has 2 aromatic rings. The first kappa shape index (κ1) is 12.3. The van der Waals surface area contributed by atoms with Crippen LogP contribution in [0.4, 0.5) is 0 Å². The van der Waals surface area contributed by atoms with Crippen LogP contribution in [0.5, 0.6) is 0 Å². The minimum absolute atomic E-state index is 0.175. The largest absolute Gasteiger partial charge is 0.394 e. The molecule has 7 heteroatoms. The first-order valence-electron chi connectivity index (χ1n) is 4.77. The number of aromatic nitrogens is 2. The minimum Gasteiger partial charge on any atom is -0.394 e. The lowest BCUT2D eigenvalue weighted by Crippen LogP contribution is -2.14. The van der Waals surface area contributed by atoms with Gasteiger partial charge in [-0.2, -0.15) is 4.98 Å². The average molecular weight is 274 g/mol. The molecule has 5 nitrogen and oxygen atoms in total. The Labute approximate surface area is 107 Å². The fourth-order valence-corrected chi connectivity index (χ4v) is 1.51. The van der Waals surface area contributed by atoms with E-state index in [0.29, 0.717) is 21.4 Å². The molecular weight excluding hydrogens is 265 g/mol. The van der Waals surface area contributed by atoms with Gasteiger partial charge in [0.1, 0.15) is 6.04 Å². The van der Waals surface area contributed by atoms with Gasteiger partial charge in [0.15, 0.2) is 0 Å². The minimum atomic E-state index is -0.681. The fraction of sp³-hybridized carbons (Fsp3) is 0.200. The lowest BCUT2D eigenvalue weighted by molar-refractivity contribution is 0.237. The van der Waals surface area contributed by atoms with Crippen molar-refractivity contribution < 1.29 is 9.63 Å². The number of aliphatic hydroxyl groups excluding tert-OH is 1. The second-order valence-corrected chi connectivity index (χ2v) is 4.19. The summed E-state index contributed by atoms with van der Waals surface area (Å²) in [6.07, 6.45) is 0. The molecule has 0 aliphatic heterocycles. The van der Waals surface area contributed by atoms with Crippen LogP contribution in [0.3, 0.4) is 0 Å². The first-order valence-corrected chi connectivity index (χ1v) is 5.53. The molecule has 0 aliphatic carbocycles. The number of aliphatic hydroxyl groups is 1. The molecule has 2 rings (SSSR count). The Morgan fingerprint density at radius 1 is 1.35 bits per heavy atom. The third-order valence-electron chi connectivity index (χ3n) is 2.13. The summed E-state index contributed by atoms with van der Waals surface area (Å²) in [7, 11) is 0. The molecule has 0 spiro atoms. The Kier molecular flexibility index (Phi) is 3.63. The number of benzene rings is 1. The maximum absolute atomic E-state index is 8.86. The molecule has 0 radical (unpaired) electrons. The van der Waals surface area contributed by atoms with Crippen molar-refractivity contribution in [2.24, 2.45) is 5.73 Å². The van der Waals surface area contributed by atoms with Gasteiger partial charge in [-0.25, -0.2) is 0 Å². The zero-order valence-electron chi connectivity index (χ0n) is 8.60. The van der Waals surface area contributed by atoms with Gasteiger partial charge < -0.3 is 15.4 Å². The smallest absolute Gasteiger partial charge is 0.246 e.